The van der Waals surface area contributed by atoms with E-state index in [1.807, 2.05) is 49.4 Å². The Morgan fingerprint density at radius 1 is 1.00 bits per heavy atom. The third-order valence-electron chi connectivity index (χ3n) is 3.30. The van der Waals surface area contributed by atoms with E-state index in [0.29, 0.717) is 12.1 Å². The minimum absolute atomic E-state index is 0.0748. The molecule has 0 aliphatic carbocycles. The summed E-state index contributed by atoms with van der Waals surface area (Å²) in [5.74, 6) is -0.0748. The number of amides is 1. The molecule has 0 fully saturated rings. The summed E-state index contributed by atoms with van der Waals surface area (Å²) in [5.41, 5.74) is 4.50. The van der Waals surface area contributed by atoms with Crippen molar-refractivity contribution in [2.75, 3.05) is 0 Å². The lowest BCUT2D eigenvalue weighted by atomic mass is 10.1. The predicted octanol–water partition coefficient (Wildman–Crippen LogP) is 2.87. The van der Waals surface area contributed by atoms with Crippen LogP contribution in [-0.2, 0) is 6.54 Å². The number of carbonyl (C=O) groups excluding carboxylic acids is 1. The topological polar surface area (TPSA) is 54.9 Å². The van der Waals surface area contributed by atoms with Gasteiger partial charge in [-0.15, -0.1) is 0 Å². The van der Waals surface area contributed by atoms with Crippen LogP contribution in [0.1, 0.15) is 21.5 Å². The Kier molecular flexibility index (Phi) is 3.60. The second-order valence-electron chi connectivity index (χ2n) is 4.93. The molecule has 1 heterocycles. The van der Waals surface area contributed by atoms with Crippen molar-refractivity contribution in [1.82, 2.24) is 15.3 Å². The lowest BCUT2D eigenvalue weighted by Crippen LogP contribution is -2.22. The van der Waals surface area contributed by atoms with Gasteiger partial charge < -0.3 is 5.32 Å². The molecule has 0 aliphatic rings. The second kappa shape index (κ2) is 5.71. The first-order chi connectivity index (χ1) is 10.2. The number of aryl methyl sites for hydroxylation is 1. The van der Waals surface area contributed by atoms with Gasteiger partial charge in [-0.05, 0) is 36.8 Å². The van der Waals surface area contributed by atoms with Crippen molar-refractivity contribution in [3.8, 4) is 0 Å². The highest BCUT2D eigenvalue weighted by Gasteiger charge is 2.05. The van der Waals surface area contributed by atoms with Crippen LogP contribution in [0.5, 0.6) is 0 Å². The average Bonchev–Trinajstić information content (AvgIpc) is 2.53. The zero-order valence-electron chi connectivity index (χ0n) is 11.7. The van der Waals surface area contributed by atoms with E-state index in [0.717, 1.165) is 22.2 Å². The maximum atomic E-state index is 12.1. The van der Waals surface area contributed by atoms with Gasteiger partial charge in [0.1, 0.15) is 0 Å². The fourth-order valence-electron chi connectivity index (χ4n) is 2.11. The van der Waals surface area contributed by atoms with Gasteiger partial charge in [0, 0.05) is 24.5 Å². The van der Waals surface area contributed by atoms with Gasteiger partial charge in [-0.2, -0.15) is 0 Å². The highest BCUT2D eigenvalue weighted by atomic mass is 16.1. The number of hydrogen-bond donors (Lipinski definition) is 1. The molecule has 4 nitrogen and oxygen atoms in total. The number of benzene rings is 2. The van der Waals surface area contributed by atoms with E-state index in [4.69, 9.17) is 0 Å². The summed E-state index contributed by atoms with van der Waals surface area (Å²) >= 11 is 0. The molecule has 21 heavy (non-hydrogen) atoms. The molecule has 0 unspecified atom stereocenters. The summed E-state index contributed by atoms with van der Waals surface area (Å²) in [5, 5.41) is 2.91. The average molecular weight is 277 g/mol. The number of carbonyl (C=O) groups is 1. The van der Waals surface area contributed by atoms with Crippen molar-refractivity contribution in [2.45, 2.75) is 13.5 Å². The van der Waals surface area contributed by atoms with Gasteiger partial charge in [0.15, 0.2) is 0 Å². The Morgan fingerprint density at radius 2 is 1.71 bits per heavy atom. The molecule has 0 saturated carbocycles. The fourth-order valence-corrected chi connectivity index (χ4v) is 2.11. The molecule has 0 saturated heterocycles. The molecule has 3 rings (SSSR count). The minimum Gasteiger partial charge on any atom is -0.348 e. The van der Waals surface area contributed by atoms with Crippen LogP contribution in [0.4, 0.5) is 0 Å². The van der Waals surface area contributed by atoms with E-state index in [-0.39, 0.29) is 5.91 Å². The summed E-state index contributed by atoms with van der Waals surface area (Å²) in [6.07, 6.45) is 3.33. The predicted molar refractivity (Wildman–Crippen MR) is 81.9 cm³/mol. The van der Waals surface area contributed by atoms with Crippen LogP contribution >= 0.6 is 0 Å². The number of aromatic nitrogens is 2. The number of hydrogen-bond acceptors (Lipinski definition) is 3. The lowest BCUT2D eigenvalue weighted by molar-refractivity contribution is 0.0951. The van der Waals surface area contributed by atoms with Crippen LogP contribution < -0.4 is 5.32 Å². The molecule has 3 aromatic rings. The Balaban J connectivity index is 1.71. The summed E-state index contributed by atoms with van der Waals surface area (Å²) in [7, 11) is 0. The van der Waals surface area contributed by atoms with E-state index in [1.54, 1.807) is 12.4 Å². The third-order valence-corrected chi connectivity index (χ3v) is 3.30. The Labute approximate surface area is 122 Å². The molecule has 0 radical (unpaired) electrons. The van der Waals surface area contributed by atoms with E-state index in [1.165, 1.54) is 0 Å². The number of rotatable bonds is 3. The van der Waals surface area contributed by atoms with Gasteiger partial charge in [0.05, 0.1) is 11.0 Å². The second-order valence-corrected chi connectivity index (χ2v) is 4.93. The van der Waals surface area contributed by atoms with Gasteiger partial charge in [-0.1, -0.05) is 23.8 Å². The zero-order valence-corrected chi connectivity index (χ0v) is 11.7. The Bertz CT molecular complexity index is 781. The molecule has 1 amide bonds. The van der Waals surface area contributed by atoms with Crippen LogP contribution in [0.3, 0.4) is 0 Å². The first-order valence-electron chi connectivity index (χ1n) is 6.77. The van der Waals surface area contributed by atoms with E-state index < -0.39 is 0 Å². The van der Waals surface area contributed by atoms with Crippen molar-refractivity contribution >= 4 is 16.9 Å². The van der Waals surface area contributed by atoms with Crippen LogP contribution in [0, 0.1) is 6.92 Å². The molecular weight excluding hydrogens is 262 g/mol. The van der Waals surface area contributed by atoms with Crippen molar-refractivity contribution in [1.29, 1.82) is 0 Å². The molecule has 2 aromatic carbocycles. The van der Waals surface area contributed by atoms with Crippen LogP contribution in [0.2, 0.25) is 0 Å². The van der Waals surface area contributed by atoms with Gasteiger partial charge >= 0.3 is 0 Å². The highest BCUT2D eigenvalue weighted by molar-refractivity contribution is 5.94. The Morgan fingerprint density at radius 3 is 2.48 bits per heavy atom. The third kappa shape index (κ3) is 3.05. The molecule has 4 heteroatoms. The summed E-state index contributed by atoms with van der Waals surface area (Å²) < 4.78 is 0. The summed E-state index contributed by atoms with van der Waals surface area (Å²) in [6, 6.07) is 13.3. The zero-order chi connectivity index (χ0) is 14.7. The molecule has 0 aliphatic heterocycles. The molecular formula is C17H15N3O. The van der Waals surface area contributed by atoms with Crippen LogP contribution in [0.25, 0.3) is 11.0 Å². The van der Waals surface area contributed by atoms with Crippen molar-refractivity contribution in [2.24, 2.45) is 0 Å². The standard InChI is InChI=1S/C17H15N3O/c1-12-2-5-14(6-3-12)17(21)20-11-13-4-7-15-16(10-13)19-9-8-18-15/h2-10H,11H2,1H3,(H,20,21). The number of fused-ring (bicyclic) bond motifs is 1. The van der Waals surface area contributed by atoms with E-state index in [9.17, 15) is 4.79 Å². The normalized spacial score (nSPS) is 10.5. The van der Waals surface area contributed by atoms with E-state index >= 15 is 0 Å². The molecule has 1 N–H and O–H groups in total. The molecule has 0 atom stereocenters. The van der Waals surface area contributed by atoms with Gasteiger partial charge in [0.2, 0.25) is 0 Å². The molecule has 0 spiro atoms. The smallest absolute Gasteiger partial charge is 0.251 e. The Hall–Kier alpha value is -2.75. The van der Waals surface area contributed by atoms with Gasteiger partial charge in [0.25, 0.3) is 5.91 Å². The quantitative estimate of drug-likeness (QED) is 0.801. The summed E-state index contributed by atoms with van der Waals surface area (Å²) in [4.78, 5) is 20.5. The van der Waals surface area contributed by atoms with Crippen LogP contribution in [-0.4, -0.2) is 15.9 Å². The molecule has 1 aromatic heterocycles. The first kappa shape index (κ1) is 13.2. The lowest BCUT2D eigenvalue weighted by Gasteiger charge is -2.06. The fraction of sp³-hybridized carbons (Fsp3) is 0.118. The number of nitrogens with zero attached hydrogens (tertiary/aromatic N) is 2. The SMILES string of the molecule is Cc1ccc(C(=O)NCc2ccc3nccnc3c2)cc1. The largest absolute Gasteiger partial charge is 0.348 e. The maximum Gasteiger partial charge on any atom is 0.251 e. The van der Waals surface area contributed by atoms with Gasteiger partial charge in [-0.25, -0.2) is 0 Å². The maximum absolute atomic E-state index is 12.1. The summed E-state index contributed by atoms with van der Waals surface area (Å²) in [6.45, 7) is 2.47. The molecule has 0 bridgehead atoms. The van der Waals surface area contributed by atoms with E-state index in [2.05, 4.69) is 15.3 Å². The van der Waals surface area contributed by atoms with Crippen LogP contribution in [0.15, 0.2) is 54.9 Å². The number of nitrogens with one attached hydrogen (secondary N) is 1. The molecule has 104 valence electrons. The van der Waals surface area contributed by atoms with Gasteiger partial charge in [-0.3, -0.25) is 14.8 Å². The van der Waals surface area contributed by atoms with Crippen molar-refractivity contribution in [3.63, 3.8) is 0 Å². The van der Waals surface area contributed by atoms with Crippen molar-refractivity contribution < 1.29 is 4.79 Å². The van der Waals surface area contributed by atoms with Crippen molar-refractivity contribution in [3.05, 3.63) is 71.5 Å². The highest BCUT2D eigenvalue weighted by Crippen LogP contribution is 2.11. The first-order valence-corrected chi connectivity index (χ1v) is 6.77. The monoisotopic (exact) mass is 277 g/mol. The minimum atomic E-state index is -0.0748.